The zero-order valence-electron chi connectivity index (χ0n) is 19.9. The molecule has 7 nitrogen and oxygen atoms in total. The quantitative estimate of drug-likeness (QED) is 0.466. The summed E-state index contributed by atoms with van der Waals surface area (Å²) in [6.07, 6.45) is -3.61. The fourth-order valence-electron chi connectivity index (χ4n) is 4.29. The van der Waals surface area contributed by atoms with Crippen LogP contribution >= 0.6 is 0 Å². The number of fused-ring (bicyclic) bond motifs is 1. The molecule has 0 spiro atoms. The van der Waals surface area contributed by atoms with E-state index >= 15 is 0 Å². The van der Waals surface area contributed by atoms with Crippen LogP contribution < -0.4 is 14.8 Å². The largest absolute Gasteiger partial charge is 0.454 e. The first kappa shape index (κ1) is 25.1. The van der Waals surface area contributed by atoms with Crippen molar-refractivity contribution < 1.29 is 37.3 Å². The lowest BCUT2D eigenvalue weighted by Crippen LogP contribution is -2.28. The normalized spacial score (nSPS) is 16.1. The molecule has 1 saturated carbocycles. The molecule has 0 bridgehead atoms. The highest BCUT2D eigenvalue weighted by molar-refractivity contribution is 7.89. The van der Waals surface area contributed by atoms with Crippen molar-refractivity contribution in [3.63, 3.8) is 0 Å². The molecule has 1 aliphatic heterocycles. The average Bonchev–Trinajstić information content (AvgIpc) is 3.54. The standard InChI is InChI=1S/C26H23F3N2O5S.H2/c1-31(2)37(33,34)21-5-3-4-16(12-21)17-10-19(26(27,28)29)13-20(11-17)30-24(32)25(8-9-25)18-6-7-22-23(14-18)36-15-35-22;/h3-7,10-14H,8-9,15H2,1-2H3,(H,30,32);1H. The number of hydrogen-bond donors (Lipinski definition) is 1. The maximum absolute atomic E-state index is 13.8. The fraction of sp³-hybridized carbons (Fsp3) is 0.269. The van der Waals surface area contributed by atoms with Gasteiger partial charge in [0.1, 0.15) is 0 Å². The number of halogens is 3. The van der Waals surface area contributed by atoms with E-state index in [9.17, 15) is 26.4 Å². The lowest BCUT2D eigenvalue weighted by atomic mass is 9.94. The van der Waals surface area contributed by atoms with Gasteiger partial charge in [0.05, 0.1) is 15.9 Å². The molecule has 1 aliphatic carbocycles. The molecule has 1 fully saturated rings. The Morgan fingerprint density at radius 1 is 0.973 bits per heavy atom. The summed E-state index contributed by atoms with van der Waals surface area (Å²) in [4.78, 5) is 13.3. The highest BCUT2D eigenvalue weighted by atomic mass is 32.2. The summed E-state index contributed by atoms with van der Waals surface area (Å²) in [7, 11) is -1.06. The minimum absolute atomic E-state index is 0. The number of amides is 1. The molecule has 0 atom stereocenters. The second-order valence-corrected chi connectivity index (χ2v) is 11.4. The van der Waals surface area contributed by atoms with E-state index in [1.165, 1.54) is 44.4 Å². The molecule has 0 unspecified atom stereocenters. The maximum atomic E-state index is 13.8. The van der Waals surface area contributed by atoms with Crippen LogP contribution in [0.2, 0.25) is 0 Å². The molecular weight excluding hydrogens is 509 g/mol. The van der Waals surface area contributed by atoms with Crippen LogP contribution in [0.1, 0.15) is 25.4 Å². The van der Waals surface area contributed by atoms with Crippen molar-refractivity contribution in [2.75, 3.05) is 26.2 Å². The van der Waals surface area contributed by atoms with Gasteiger partial charge in [-0.2, -0.15) is 13.2 Å². The topological polar surface area (TPSA) is 84.9 Å². The molecule has 0 aromatic heterocycles. The molecule has 2 aliphatic rings. The molecule has 1 amide bonds. The highest BCUT2D eigenvalue weighted by Gasteiger charge is 2.51. The van der Waals surface area contributed by atoms with E-state index in [-0.39, 0.29) is 29.9 Å². The van der Waals surface area contributed by atoms with Gasteiger partial charge in [-0.15, -0.1) is 0 Å². The van der Waals surface area contributed by atoms with E-state index in [0.29, 0.717) is 29.9 Å². The van der Waals surface area contributed by atoms with Crippen LogP contribution in [0.15, 0.2) is 65.6 Å². The van der Waals surface area contributed by atoms with Gasteiger partial charge < -0.3 is 14.8 Å². The first-order valence-corrected chi connectivity index (χ1v) is 12.8. The molecule has 37 heavy (non-hydrogen) atoms. The van der Waals surface area contributed by atoms with Crippen molar-refractivity contribution in [3.05, 3.63) is 71.8 Å². The van der Waals surface area contributed by atoms with Gasteiger partial charge in [-0.25, -0.2) is 12.7 Å². The first-order chi connectivity index (χ1) is 17.4. The Bertz CT molecular complexity index is 1500. The summed E-state index contributed by atoms with van der Waals surface area (Å²) < 4.78 is 78.2. The van der Waals surface area contributed by atoms with Crippen LogP contribution in [0.5, 0.6) is 11.5 Å². The van der Waals surface area contributed by atoms with Gasteiger partial charge >= 0.3 is 6.18 Å². The molecule has 11 heteroatoms. The van der Waals surface area contributed by atoms with Crippen LogP contribution in [0.4, 0.5) is 18.9 Å². The summed E-state index contributed by atoms with van der Waals surface area (Å²) in [5, 5.41) is 2.66. The van der Waals surface area contributed by atoms with E-state index in [2.05, 4.69) is 5.32 Å². The summed E-state index contributed by atoms with van der Waals surface area (Å²) in [5.41, 5.74) is -0.801. The van der Waals surface area contributed by atoms with Crippen molar-refractivity contribution in [1.82, 2.24) is 4.31 Å². The third-order valence-corrected chi connectivity index (χ3v) is 8.39. The molecule has 3 aromatic rings. The van der Waals surface area contributed by atoms with Gasteiger partial charge in [0, 0.05) is 21.2 Å². The number of alkyl halides is 3. The van der Waals surface area contributed by atoms with Gasteiger partial charge in [0.25, 0.3) is 0 Å². The van der Waals surface area contributed by atoms with E-state index in [1.807, 2.05) is 0 Å². The van der Waals surface area contributed by atoms with Crippen LogP contribution in [-0.2, 0) is 26.4 Å². The summed E-state index contributed by atoms with van der Waals surface area (Å²) in [6, 6.07) is 14.1. The van der Waals surface area contributed by atoms with Crippen molar-refractivity contribution in [1.29, 1.82) is 0 Å². The van der Waals surface area contributed by atoms with Gasteiger partial charge in [-0.1, -0.05) is 18.2 Å². The lowest BCUT2D eigenvalue weighted by Gasteiger charge is -2.18. The third-order valence-electron chi connectivity index (χ3n) is 6.57. The molecule has 0 radical (unpaired) electrons. The number of benzene rings is 3. The van der Waals surface area contributed by atoms with Gasteiger partial charge in [0.2, 0.25) is 22.7 Å². The van der Waals surface area contributed by atoms with E-state index in [0.717, 1.165) is 16.4 Å². The number of sulfonamides is 1. The molecule has 0 saturated heterocycles. The second kappa shape index (κ2) is 8.77. The molecular formula is C26H25F3N2O5S. The Balaban J connectivity index is 0.00000336. The summed E-state index contributed by atoms with van der Waals surface area (Å²) in [5.74, 6) is 0.659. The van der Waals surface area contributed by atoms with Crippen molar-refractivity contribution >= 4 is 21.6 Å². The number of nitrogens with zero attached hydrogens (tertiary/aromatic N) is 1. The zero-order valence-corrected chi connectivity index (χ0v) is 20.7. The molecule has 3 aromatic carbocycles. The second-order valence-electron chi connectivity index (χ2n) is 9.22. The molecule has 196 valence electrons. The predicted molar refractivity (Wildman–Crippen MR) is 132 cm³/mol. The average molecular weight is 535 g/mol. The van der Waals surface area contributed by atoms with Gasteiger partial charge in [-0.3, -0.25) is 4.79 Å². The lowest BCUT2D eigenvalue weighted by molar-refractivity contribution is -0.137. The van der Waals surface area contributed by atoms with E-state index in [4.69, 9.17) is 9.47 Å². The molecule has 5 rings (SSSR count). The Hall–Kier alpha value is -3.57. The van der Waals surface area contributed by atoms with Crippen LogP contribution in [0.25, 0.3) is 11.1 Å². The van der Waals surface area contributed by atoms with E-state index < -0.39 is 33.1 Å². The Morgan fingerprint density at radius 3 is 2.38 bits per heavy atom. The Labute approximate surface area is 213 Å². The van der Waals surface area contributed by atoms with Crippen LogP contribution in [0, 0.1) is 0 Å². The number of rotatable bonds is 6. The number of anilines is 1. The number of carbonyl (C=O) groups is 1. The van der Waals surface area contributed by atoms with Crippen molar-refractivity contribution in [3.8, 4) is 22.6 Å². The predicted octanol–water partition coefficient (Wildman–Crippen LogP) is 5.27. The number of nitrogens with one attached hydrogen (secondary N) is 1. The van der Waals surface area contributed by atoms with E-state index in [1.54, 1.807) is 18.2 Å². The van der Waals surface area contributed by atoms with Crippen molar-refractivity contribution in [2.24, 2.45) is 0 Å². The fourth-order valence-corrected chi connectivity index (χ4v) is 5.24. The minimum atomic E-state index is -4.68. The zero-order chi connectivity index (χ0) is 26.6. The smallest absolute Gasteiger partial charge is 0.416 e. The Kier molecular flexibility index (Phi) is 5.95. The van der Waals surface area contributed by atoms with Crippen molar-refractivity contribution in [2.45, 2.75) is 29.3 Å². The number of hydrogen-bond acceptors (Lipinski definition) is 5. The number of carbonyl (C=O) groups excluding carboxylic acids is 1. The number of ether oxygens (including phenoxy) is 2. The summed E-state index contributed by atoms with van der Waals surface area (Å²) >= 11 is 0. The van der Waals surface area contributed by atoms with Gasteiger partial charge in [-0.05, 0) is 72.0 Å². The third kappa shape index (κ3) is 4.64. The Morgan fingerprint density at radius 2 is 1.70 bits per heavy atom. The van der Waals surface area contributed by atoms with Gasteiger partial charge in [0.15, 0.2) is 11.5 Å². The maximum Gasteiger partial charge on any atom is 0.416 e. The SMILES string of the molecule is CN(C)S(=O)(=O)c1cccc(-c2cc(NC(=O)C3(c4ccc5c(c4)OCO5)CC3)cc(C(F)(F)F)c2)c1.[HH]. The highest BCUT2D eigenvalue weighted by Crippen LogP contribution is 2.51. The summed E-state index contributed by atoms with van der Waals surface area (Å²) in [6.45, 7) is 0.0854. The first-order valence-electron chi connectivity index (χ1n) is 11.4. The molecule has 1 heterocycles. The van der Waals surface area contributed by atoms with Crippen LogP contribution in [0.3, 0.4) is 0 Å². The monoisotopic (exact) mass is 534 g/mol. The molecule has 1 N–H and O–H groups in total. The minimum Gasteiger partial charge on any atom is -0.454 e. The van der Waals surface area contributed by atoms with Crippen LogP contribution in [-0.4, -0.2) is 39.5 Å².